The van der Waals surface area contributed by atoms with Crippen molar-refractivity contribution in [3.63, 3.8) is 0 Å². The molecule has 1 N–H and O–H groups in total. The molecule has 178 valence electrons. The van der Waals surface area contributed by atoms with E-state index >= 15 is 0 Å². The quantitative estimate of drug-likeness (QED) is 0.474. The minimum atomic E-state index is -0.735. The summed E-state index contributed by atoms with van der Waals surface area (Å²) in [5.41, 5.74) is 3.89. The summed E-state index contributed by atoms with van der Waals surface area (Å²) < 4.78 is 12.7. The molecule has 1 aromatic heterocycles. The van der Waals surface area contributed by atoms with E-state index in [0.29, 0.717) is 32.7 Å². The molecular formula is C26H40N2O4. The van der Waals surface area contributed by atoms with E-state index in [4.69, 9.17) is 9.47 Å². The predicted molar refractivity (Wildman–Crippen MR) is 128 cm³/mol. The first-order valence-corrected chi connectivity index (χ1v) is 11.5. The molecule has 0 amide bonds. The molecule has 0 bridgehead atoms. The monoisotopic (exact) mass is 444 g/mol. The number of methoxy groups -OCH3 is 1. The minimum absolute atomic E-state index is 0.0173. The molecule has 6 heteroatoms. The molecule has 0 fully saturated rings. The van der Waals surface area contributed by atoms with Crippen LogP contribution in [0, 0.1) is 0 Å². The zero-order valence-electron chi connectivity index (χ0n) is 20.3. The van der Waals surface area contributed by atoms with Gasteiger partial charge in [0.15, 0.2) is 0 Å². The lowest BCUT2D eigenvalue weighted by Gasteiger charge is -2.25. The number of nitrogens with zero attached hydrogens (tertiary/aromatic N) is 2. The molecule has 6 nitrogen and oxygen atoms in total. The summed E-state index contributed by atoms with van der Waals surface area (Å²) in [5, 5.41) is 10.4. The third-order valence-corrected chi connectivity index (χ3v) is 5.45. The topological polar surface area (TPSA) is 63.9 Å². The molecule has 2 rings (SSSR count). The standard InChI is InChI=1S/C26H40N2O4/c1-6-8-25(30)32-20-24(29)19-27(15-16-31-5)18-23-9-7-14-28(23)17-21-10-12-22(13-11-21)26(2,3)4/h7,9-14,24,29H,6,8,15-20H2,1-5H3. The summed E-state index contributed by atoms with van der Waals surface area (Å²) >= 11 is 0. The van der Waals surface area contributed by atoms with Crippen LogP contribution in [0.3, 0.4) is 0 Å². The highest BCUT2D eigenvalue weighted by atomic mass is 16.5. The third kappa shape index (κ3) is 8.77. The zero-order valence-corrected chi connectivity index (χ0v) is 20.3. The summed E-state index contributed by atoms with van der Waals surface area (Å²) in [6.45, 7) is 11.7. The summed E-state index contributed by atoms with van der Waals surface area (Å²) in [6.07, 6.45) is 2.47. The van der Waals surface area contributed by atoms with E-state index in [1.54, 1.807) is 7.11 Å². The Hall–Kier alpha value is -2.15. The van der Waals surface area contributed by atoms with Crippen molar-refractivity contribution in [2.75, 3.05) is 33.4 Å². The largest absolute Gasteiger partial charge is 0.463 e. The number of esters is 1. The molecule has 0 spiro atoms. The highest BCUT2D eigenvalue weighted by Gasteiger charge is 2.16. The van der Waals surface area contributed by atoms with Crippen molar-refractivity contribution in [1.29, 1.82) is 0 Å². The van der Waals surface area contributed by atoms with Gasteiger partial charge in [0.2, 0.25) is 0 Å². The van der Waals surface area contributed by atoms with Crippen molar-refractivity contribution >= 4 is 5.97 Å². The van der Waals surface area contributed by atoms with Crippen LogP contribution in [-0.2, 0) is 32.8 Å². The highest BCUT2D eigenvalue weighted by molar-refractivity contribution is 5.69. The third-order valence-electron chi connectivity index (χ3n) is 5.45. The van der Waals surface area contributed by atoms with Crippen molar-refractivity contribution in [3.8, 4) is 0 Å². The van der Waals surface area contributed by atoms with Crippen molar-refractivity contribution in [2.24, 2.45) is 0 Å². The number of ether oxygens (including phenoxy) is 2. The van der Waals surface area contributed by atoms with Crippen LogP contribution in [0.4, 0.5) is 0 Å². The van der Waals surface area contributed by atoms with Crippen LogP contribution in [0.15, 0.2) is 42.6 Å². The Labute approximate surface area is 193 Å². The van der Waals surface area contributed by atoms with Gasteiger partial charge in [-0.15, -0.1) is 0 Å². The van der Waals surface area contributed by atoms with E-state index < -0.39 is 6.10 Å². The van der Waals surface area contributed by atoms with E-state index in [1.165, 1.54) is 11.1 Å². The fraction of sp³-hybridized carbons (Fsp3) is 0.577. The average Bonchev–Trinajstić information content (AvgIpc) is 3.17. The molecule has 0 radical (unpaired) electrons. The van der Waals surface area contributed by atoms with Crippen LogP contribution in [0.2, 0.25) is 0 Å². The molecule has 0 aliphatic carbocycles. The van der Waals surface area contributed by atoms with E-state index in [1.807, 2.05) is 6.92 Å². The number of aliphatic hydroxyl groups excluding tert-OH is 1. The molecule has 1 atom stereocenters. The van der Waals surface area contributed by atoms with Gasteiger partial charge in [-0.05, 0) is 35.1 Å². The molecule has 1 aromatic carbocycles. The Bertz CT molecular complexity index is 808. The Balaban J connectivity index is 2.00. The van der Waals surface area contributed by atoms with E-state index in [9.17, 15) is 9.90 Å². The Morgan fingerprint density at radius 3 is 2.53 bits per heavy atom. The molecule has 32 heavy (non-hydrogen) atoms. The fourth-order valence-corrected chi connectivity index (χ4v) is 3.55. The van der Waals surface area contributed by atoms with Crippen LogP contribution < -0.4 is 0 Å². The number of benzene rings is 1. The second-order valence-electron chi connectivity index (χ2n) is 9.39. The van der Waals surface area contributed by atoms with Crippen molar-refractivity contribution < 1.29 is 19.4 Å². The van der Waals surface area contributed by atoms with Gasteiger partial charge < -0.3 is 19.1 Å². The number of rotatable bonds is 13. The van der Waals surface area contributed by atoms with Gasteiger partial charge in [-0.2, -0.15) is 0 Å². The average molecular weight is 445 g/mol. The maximum atomic E-state index is 11.6. The number of carbonyl (C=O) groups excluding carboxylic acids is 1. The normalized spacial score (nSPS) is 12.8. The van der Waals surface area contributed by atoms with E-state index in [-0.39, 0.29) is 18.0 Å². The van der Waals surface area contributed by atoms with Gasteiger partial charge in [-0.1, -0.05) is 52.0 Å². The summed E-state index contributed by atoms with van der Waals surface area (Å²) in [7, 11) is 1.67. The Kier molecular flexibility index (Phi) is 10.4. The van der Waals surface area contributed by atoms with Gasteiger partial charge in [0.05, 0.1) is 6.61 Å². The first kappa shape index (κ1) is 26.1. The van der Waals surface area contributed by atoms with Crippen LogP contribution in [-0.4, -0.2) is 60.1 Å². The number of hydrogen-bond acceptors (Lipinski definition) is 5. The highest BCUT2D eigenvalue weighted by Crippen LogP contribution is 2.22. The smallest absolute Gasteiger partial charge is 0.305 e. The van der Waals surface area contributed by atoms with E-state index in [2.05, 4.69) is 72.8 Å². The number of carbonyl (C=O) groups is 1. The van der Waals surface area contributed by atoms with Crippen molar-refractivity contribution in [2.45, 2.75) is 65.1 Å². The minimum Gasteiger partial charge on any atom is -0.463 e. The van der Waals surface area contributed by atoms with Crippen molar-refractivity contribution in [3.05, 3.63) is 59.4 Å². The van der Waals surface area contributed by atoms with Crippen LogP contribution >= 0.6 is 0 Å². The lowest BCUT2D eigenvalue weighted by atomic mass is 9.87. The van der Waals surface area contributed by atoms with Crippen LogP contribution in [0.1, 0.15) is 57.4 Å². The molecule has 2 aromatic rings. The lowest BCUT2D eigenvalue weighted by Crippen LogP contribution is -2.37. The van der Waals surface area contributed by atoms with Gasteiger partial charge in [0.1, 0.15) is 12.7 Å². The summed E-state index contributed by atoms with van der Waals surface area (Å²) in [5.74, 6) is -0.263. The predicted octanol–water partition coefficient (Wildman–Crippen LogP) is 3.99. The van der Waals surface area contributed by atoms with Crippen LogP contribution in [0.25, 0.3) is 0 Å². The molecule has 0 aliphatic heterocycles. The zero-order chi connectivity index (χ0) is 23.6. The SMILES string of the molecule is CCCC(=O)OCC(O)CN(CCOC)Cc1cccn1Cc1ccc(C(C)(C)C)cc1. The van der Waals surface area contributed by atoms with Crippen molar-refractivity contribution in [1.82, 2.24) is 9.47 Å². The first-order chi connectivity index (χ1) is 15.2. The Morgan fingerprint density at radius 2 is 1.91 bits per heavy atom. The molecule has 0 saturated heterocycles. The van der Waals surface area contributed by atoms with Gasteiger partial charge in [0, 0.05) is 51.6 Å². The first-order valence-electron chi connectivity index (χ1n) is 11.5. The second kappa shape index (κ2) is 12.8. The molecule has 1 unspecified atom stereocenters. The molecule has 0 aliphatic rings. The van der Waals surface area contributed by atoms with Gasteiger partial charge in [0.25, 0.3) is 0 Å². The summed E-state index contributed by atoms with van der Waals surface area (Å²) in [6, 6.07) is 13.0. The Morgan fingerprint density at radius 1 is 1.19 bits per heavy atom. The number of aromatic nitrogens is 1. The van der Waals surface area contributed by atoms with Gasteiger partial charge in [-0.25, -0.2) is 0 Å². The molecule has 0 saturated carbocycles. The van der Waals surface area contributed by atoms with Gasteiger partial charge >= 0.3 is 5.97 Å². The summed E-state index contributed by atoms with van der Waals surface area (Å²) in [4.78, 5) is 13.7. The fourth-order valence-electron chi connectivity index (χ4n) is 3.55. The van der Waals surface area contributed by atoms with Crippen LogP contribution in [0.5, 0.6) is 0 Å². The number of aliphatic hydroxyl groups is 1. The molecular weight excluding hydrogens is 404 g/mol. The molecule has 1 heterocycles. The second-order valence-corrected chi connectivity index (χ2v) is 9.39. The van der Waals surface area contributed by atoms with E-state index in [0.717, 1.165) is 18.7 Å². The maximum absolute atomic E-state index is 11.6. The maximum Gasteiger partial charge on any atom is 0.305 e. The number of hydrogen-bond donors (Lipinski definition) is 1. The van der Waals surface area contributed by atoms with Gasteiger partial charge in [-0.3, -0.25) is 9.69 Å². The lowest BCUT2D eigenvalue weighted by molar-refractivity contribution is -0.147.